The Balaban J connectivity index is 2.17. The molecule has 0 saturated carbocycles. The molecule has 0 spiro atoms. The van der Waals surface area contributed by atoms with Gasteiger partial charge >= 0.3 is 5.97 Å². The molecule has 17 heavy (non-hydrogen) atoms. The van der Waals surface area contributed by atoms with Gasteiger partial charge in [0.1, 0.15) is 5.82 Å². The third-order valence-corrected chi connectivity index (χ3v) is 3.13. The minimum atomic E-state index is -0.971. The van der Waals surface area contributed by atoms with Crippen LogP contribution in [0.3, 0.4) is 0 Å². The van der Waals surface area contributed by atoms with Gasteiger partial charge in [0.05, 0.1) is 18.2 Å². The smallest absolute Gasteiger partial charge is 0.337 e. The molecule has 1 saturated heterocycles. The summed E-state index contributed by atoms with van der Waals surface area (Å²) < 4.78 is 0. The Morgan fingerprint density at radius 3 is 2.88 bits per heavy atom. The van der Waals surface area contributed by atoms with Crippen molar-refractivity contribution in [1.29, 1.82) is 0 Å². The Labute approximate surface area is 99.7 Å². The van der Waals surface area contributed by atoms with Crippen LogP contribution < -0.4 is 4.90 Å². The van der Waals surface area contributed by atoms with E-state index in [-0.39, 0.29) is 18.2 Å². The molecule has 1 aromatic heterocycles. The van der Waals surface area contributed by atoms with Gasteiger partial charge in [0.15, 0.2) is 0 Å². The number of carbonyl (C=O) groups is 1. The molecule has 1 fully saturated rings. The van der Waals surface area contributed by atoms with E-state index in [0.717, 1.165) is 31.6 Å². The average molecular weight is 236 g/mol. The Hall–Kier alpha value is -1.62. The van der Waals surface area contributed by atoms with Gasteiger partial charge in [-0.15, -0.1) is 0 Å². The Kier molecular flexibility index (Phi) is 3.58. The van der Waals surface area contributed by atoms with E-state index in [4.69, 9.17) is 5.11 Å². The fourth-order valence-corrected chi connectivity index (χ4v) is 2.17. The fourth-order valence-electron chi connectivity index (χ4n) is 2.17. The van der Waals surface area contributed by atoms with Crippen LogP contribution in [0.2, 0.25) is 0 Å². The predicted octanol–water partition coefficient (Wildman–Crippen LogP) is 1.13. The molecule has 0 aliphatic carbocycles. The number of anilines is 1. The Morgan fingerprint density at radius 1 is 1.47 bits per heavy atom. The summed E-state index contributed by atoms with van der Waals surface area (Å²) in [6.07, 6.45) is 4.52. The number of nitrogens with zero attached hydrogens (tertiary/aromatic N) is 2. The van der Waals surface area contributed by atoms with Crippen molar-refractivity contribution in [2.24, 2.45) is 0 Å². The number of piperidine rings is 1. The molecule has 5 heteroatoms. The normalized spacial score (nSPS) is 20.3. The maximum absolute atomic E-state index is 10.7. The van der Waals surface area contributed by atoms with Crippen LogP contribution in [-0.2, 0) is 0 Å². The summed E-state index contributed by atoms with van der Waals surface area (Å²) >= 11 is 0. The van der Waals surface area contributed by atoms with Crippen molar-refractivity contribution >= 4 is 11.8 Å². The SMILES string of the molecule is O=C(O)c1ccc(N2CCCC[C@@H]2CO)nc1. The molecular formula is C12H16N2O3. The molecule has 1 aromatic rings. The number of pyridine rings is 1. The highest BCUT2D eigenvalue weighted by atomic mass is 16.4. The second-order valence-corrected chi connectivity index (χ2v) is 4.24. The molecular weight excluding hydrogens is 220 g/mol. The number of aromatic nitrogens is 1. The zero-order valence-corrected chi connectivity index (χ0v) is 9.54. The molecule has 5 nitrogen and oxygen atoms in total. The predicted molar refractivity (Wildman–Crippen MR) is 63.3 cm³/mol. The van der Waals surface area contributed by atoms with E-state index in [1.54, 1.807) is 12.1 Å². The number of hydrogen-bond donors (Lipinski definition) is 2. The Morgan fingerprint density at radius 2 is 2.29 bits per heavy atom. The molecule has 0 radical (unpaired) electrons. The van der Waals surface area contributed by atoms with Gasteiger partial charge in [-0.3, -0.25) is 0 Å². The van der Waals surface area contributed by atoms with E-state index in [1.807, 2.05) is 0 Å². The second kappa shape index (κ2) is 5.14. The monoisotopic (exact) mass is 236 g/mol. The molecule has 92 valence electrons. The average Bonchev–Trinajstić information content (AvgIpc) is 2.39. The number of aliphatic hydroxyl groups is 1. The minimum absolute atomic E-state index is 0.104. The van der Waals surface area contributed by atoms with E-state index >= 15 is 0 Å². The van der Waals surface area contributed by atoms with Crippen LogP contribution >= 0.6 is 0 Å². The summed E-state index contributed by atoms with van der Waals surface area (Å²) in [5, 5.41) is 18.1. The van der Waals surface area contributed by atoms with Crippen LogP contribution in [-0.4, -0.2) is 40.4 Å². The van der Waals surface area contributed by atoms with E-state index in [1.165, 1.54) is 6.20 Å². The van der Waals surface area contributed by atoms with Crippen molar-refractivity contribution in [1.82, 2.24) is 4.98 Å². The van der Waals surface area contributed by atoms with E-state index in [2.05, 4.69) is 9.88 Å². The molecule has 2 heterocycles. The van der Waals surface area contributed by atoms with Gasteiger partial charge in [0.25, 0.3) is 0 Å². The zero-order valence-electron chi connectivity index (χ0n) is 9.54. The van der Waals surface area contributed by atoms with Crippen LogP contribution in [0.15, 0.2) is 18.3 Å². The van der Waals surface area contributed by atoms with Crippen molar-refractivity contribution in [3.63, 3.8) is 0 Å². The van der Waals surface area contributed by atoms with Crippen LogP contribution in [0, 0.1) is 0 Å². The third kappa shape index (κ3) is 2.55. The summed E-state index contributed by atoms with van der Waals surface area (Å²) in [5.74, 6) is -0.227. The number of carboxylic acid groups (broad SMARTS) is 1. The lowest BCUT2D eigenvalue weighted by Crippen LogP contribution is -2.42. The highest BCUT2D eigenvalue weighted by molar-refractivity contribution is 5.87. The van der Waals surface area contributed by atoms with Gasteiger partial charge in [-0.2, -0.15) is 0 Å². The second-order valence-electron chi connectivity index (χ2n) is 4.24. The first kappa shape index (κ1) is 11.9. The first-order valence-electron chi connectivity index (χ1n) is 5.79. The van der Waals surface area contributed by atoms with E-state index in [9.17, 15) is 9.90 Å². The number of carboxylic acids is 1. The molecule has 0 aromatic carbocycles. The standard InChI is InChI=1S/C12H16N2O3/c15-8-10-3-1-2-6-14(10)11-5-4-9(7-13-11)12(16)17/h4-5,7,10,15H,1-3,6,8H2,(H,16,17)/t10-/m1/s1. The number of aromatic carboxylic acids is 1. The fraction of sp³-hybridized carbons (Fsp3) is 0.500. The number of rotatable bonds is 3. The molecule has 2 rings (SSSR count). The topological polar surface area (TPSA) is 73.7 Å². The lowest BCUT2D eigenvalue weighted by atomic mass is 10.0. The van der Waals surface area contributed by atoms with Crippen LogP contribution in [0.5, 0.6) is 0 Å². The maximum Gasteiger partial charge on any atom is 0.337 e. The molecule has 1 aliphatic rings. The van der Waals surface area contributed by atoms with Gasteiger partial charge in [-0.05, 0) is 31.4 Å². The lowest BCUT2D eigenvalue weighted by molar-refractivity contribution is 0.0696. The summed E-state index contributed by atoms with van der Waals surface area (Å²) in [6, 6.07) is 3.36. The maximum atomic E-state index is 10.7. The summed E-state index contributed by atoms with van der Waals surface area (Å²) in [6.45, 7) is 0.979. The van der Waals surface area contributed by atoms with E-state index < -0.39 is 5.97 Å². The van der Waals surface area contributed by atoms with E-state index in [0.29, 0.717) is 0 Å². The van der Waals surface area contributed by atoms with Gasteiger partial charge in [0.2, 0.25) is 0 Å². The van der Waals surface area contributed by atoms with Gasteiger partial charge < -0.3 is 15.1 Å². The molecule has 1 atom stereocenters. The van der Waals surface area contributed by atoms with Gasteiger partial charge in [-0.1, -0.05) is 0 Å². The third-order valence-electron chi connectivity index (χ3n) is 3.13. The molecule has 0 amide bonds. The quantitative estimate of drug-likeness (QED) is 0.823. The highest BCUT2D eigenvalue weighted by Crippen LogP contribution is 2.22. The lowest BCUT2D eigenvalue weighted by Gasteiger charge is -2.35. The Bertz CT molecular complexity index is 391. The highest BCUT2D eigenvalue weighted by Gasteiger charge is 2.22. The molecule has 1 aliphatic heterocycles. The van der Waals surface area contributed by atoms with Crippen LogP contribution in [0.25, 0.3) is 0 Å². The van der Waals surface area contributed by atoms with Crippen molar-refractivity contribution in [3.05, 3.63) is 23.9 Å². The number of hydrogen-bond acceptors (Lipinski definition) is 4. The van der Waals surface area contributed by atoms with Crippen molar-refractivity contribution < 1.29 is 15.0 Å². The van der Waals surface area contributed by atoms with Crippen LogP contribution in [0.1, 0.15) is 29.6 Å². The summed E-state index contributed by atoms with van der Waals surface area (Å²) in [7, 11) is 0. The zero-order chi connectivity index (χ0) is 12.3. The largest absolute Gasteiger partial charge is 0.478 e. The first-order valence-corrected chi connectivity index (χ1v) is 5.79. The number of aliphatic hydroxyl groups excluding tert-OH is 1. The van der Waals surface area contributed by atoms with Crippen LogP contribution in [0.4, 0.5) is 5.82 Å². The molecule has 2 N–H and O–H groups in total. The van der Waals surface area contributed by atoms with Crippen molar-refractivity contribution in [2.45, 2.75) is 25.3 Å². The van der Waals surface area contributed by atoms with Gasteiger partial charge in [-0.25, -0.2) is 9.78 Å². The molecule has 0 bridgehead atoms. The van der Waals surface area contributed by atoms with Gasteiger partial charge in [0, 0.05) is 12.7 Å². The molecule has 0 unspecified atom stereocenters. The minimum Gasteiger partial charge on any atom is -0.478 e. The summed E-state index contributed by atoms with van der Waals surface area (Å²) in [4.78, 5) is 16.9. The van der Waals surface area contributed by atoms with Crippen molar-refractivity contribution in [3.8, 4) is 0 Å². The summed E-state index contributed by atoms with van der Waals surface area (Å²) in [5.41, 5.74) is 0.186. The first-order chi connectivity index (χ1) is 8.22. The van der Waals surface area contributed by atoms with Crippen molar-refractivity contribution in [2.75, 3.05) is 18.1 Å².